The van der Waals surface area contributed by atoms with E-state index in [9.17, 15) is 14.4 Å². The summed E-state index contributed by atoms with van der Waals surface area (Å²) in [6.07, 6.45) is 1.04. The summed E-state index contributed by atoms with van der Waals surface area (Å²) < 4.78 is 13.7. The van der Waals surface area contributed by atoms with Crippen LogP contribution >= 0.6 is 0 Å². The molecule has 0 bridgehead atoms. The first-order valence-corrected chi connectivity index (χ1v) is 3.99. The van der Waals surface area contributed by atoms with Crippen molar-refractivity contribution in [2.75, 3.05) is 0 Å². The van der Waals surface area contributed by atoms with E-state index in [1.165, 1.54) is 6.07 Å². The maximum Gasteiger partial charge on any atom is 0.383 e. The highest BCUT2D eigenvalue weighted by Gasteiger charge is 2.15. The molecule has 0 atom stereocenters. The van der Waals surface area contributed by atoms with Gasteiger partial charge in [0, 0.05) is 19.9 Å². The van der Waals surface area contributed by atoms with E-state index in [0.29, 0.717) is 0 Å². The summed E-state index contributed by atoms with van der Waals surface area (Å²) in [6.45, 7) is 2.27. The fourth-order valence-electron chi connectivity index (χ4n) is 0.858. The Bertz CT molecular complexity index is 444. The molecule has 0 aliphatic rings. The summed E-state index contributed by atoms with van der Waals surface area (Å²) in [6, 6.07) is 1.21. The third kappa shape index (κ3) is 2.94. The molecule has 0 aliphatic heterocycles. The van der Waals surface area contributed by atoms with Gasteiger partial charge >= 0.3 is 17.6 Å². The first-order chi connectivity index (χ1) is 7.00. The lowest BCUT2D eigenvalue weighted by Gasteiger charge is -2.05. The van der Waals surface area contributed by atoms with Crippen molar-refractivity contribution < 1.29 is 23.5 Å². The normalized spacial score (nSPS) is 9.47. The molecule has 0 fully saturated rings. The lowest BCUT2D eigenvalue weighted by molar-refractivity contribution is -0.134. The second-order valence-corrected chi connectivity index (χ2v) is 2.59. The van der Waals surface area contributed by atoms with Crippen LogP contribution in [0.5, 0.6) is 11.5 Å². The van der Waals surface area contributed by atoms with Crippen molar-refractivity contribution in [2.45, 2.75) is 13.8 Å². The second-order valence-electron chi connectivity index (χ2n) is 2.59. The molecule has 0 N–H and O–H groups in total. The molecular weight excluding hydrogens is 204 g/mol. The average Bonchev–Trinajstić information content (AvgIpc) is 2.09. The van der Waals surface area contributed by atoms with E-state index >= 15 is 0 Å². The highest BCUT2D eigenvalue weighted by molar-refractivity contribution is 5.73. The van der Waals surface area contributed by atoms with Crippen LogP contribution in [0.15, 0.2) is 21.5 Å². The summed E-state index contributed by atoms with van der Waals surface area (Å²) >= 11 is 0. The Morgan fingerprint density at radius 3 is 2.33 bits per heavy atom. The molecule has 1 aromatic rings. The van der Waals surface area contributed by atoms with Gasteiger partial charge in [0.05, 0.1) is 6.26 Å². The molecule has 0 saturated carbocycles. The van der Waals surface area contributed by atoms with Crippen LogP contribution in [-0.2, 0) is 9.59 Å². The van der Waals surface area contributed by atoms with Crippen LogP contribution in [0.4, 0.5) is 0 Å². The quantitative estimate of drug-likeness (QED) is 0.663. The van der Waals surface area contributed by atoms with Crippen LogP contribution in [0, 0.1) is 0 Å². The maximum absolute atomic E-state index is 11.1. The van der Waals surface area contributed by atoms with Gasteiger partial charge in [-0.1, -0.05) is 0 Å². The molecule has 80 valence electrons. The zero-order valence-corrected chi connectivity index (χ0v) is 8.10. The smallest absolute Gasteiger partial charge is 0.383 e. The molecule has 6 nitrogen and oxygen atoms in total. The molecule has 0 spiro atoms. The minimum atomic E-state index is -0.885. The first kappa shape index (κ1) is 11.0. The predicted octanol–water partition coefficient (Wildman–Crippen LogP) is 0.490. The zero-order valence-electron chi connectivity index (χ0n) is 8.10. The van der Waals surface area contributed by atoms with Gasteiger partial charge in [0.1, 0.15) is 0 Å². The van der Waals surface area contributed by atoms with Gasteiger partial charge < -0.3 is 13.9 Å². The fourth-order valence-corrected chi connectivity index (χ4v) is 0.858. The van der Waals surface area contributed by atoms with E-state index in [2.05, 4.69) is 13.9 Å². The molecule has 15 heavy (non-hydrogen) atoms. The molecule has 0 radical (unpaired) electrons. The highest BCUT2D eigenvalue weighted by Crippen LogP contribution is 2.22. The number of carbonyl (C=O) groups is 2. The Labute approximate surface area is 84.4 Å². The molecule has 0 aliphatic carbocycles. The van der Waals surface area contributed by atoms with Crippen LogP contribution < -0.4 is 15.1 Å². The Hall–Kier alpha value is -2.11. The van der Waals surface area contributed by atoms with Crippen LogP contribution in [0.2, 0.25) is 0 Å². The van der Waals surface area contributed by atoms with Crippen LogP contribution in [0.3, 0.4) is 0 Å². The van der Waals surface area contributed by atoms with E-state index in [0.717, 1.165) is 20.1 Å². The highest BCUT2D eigenvalue weighted by atomic mass is 16.6. The predicted molar refractivity (Wildman–Crippen MR) is 47.6 cm³/mol. The Morgan fingerprint density at radius 1 is 1.20 bits per heavy atom. The van der Waals surface area contributed by atoms with Crippen molar-refractivity contribution in [3.63, 3.8) is 0 Å². The van der Waals surface area contributed by atoms with Crippen molar-refractivity contribution in [3.8, 4) is 11.5 Å². The molecule has 6 heteroatoms. The standard InChI is InChI=1S/C9H8O6/c1-5(10)14-7-3-4-13-9(12)8(7)15-6(2)11/h3-4H,1-2H3. The Morgan fingerprint density at radius 2 is 1.80 bits per heavy atom. The number of carbonyl (C=O) groups excluding carboxylic acids is 2. The minimum absolute atomic E-state index is 0.144. The SMILES string of the molecule is CC(=O)Oc1ccoc(=O)c1OC(C)=O. The summed E-state index contributed by atoms with van der Waals surface area (Å²) in [5, 5.41) is 0. The minimum Gasteiger partial charge on any atom is -0.428 e. The van der Waals surface area contributed by atoms with Gasteiger partial charge in [-0.3, -0.25) is 9.59 Å². The maximum atomic E-state index is 11.1. The fraction of sp³-hybridized carbons (Fsp3) is 0.222. The van der Waals surface area contributed by atoms with Gasteiger partial charge in [0.25, 0.3) is 5.75 Å². The molecule has 0 unspecified atom stereocenters. The van der Waals surface area contributed by atoms with E-state index in [1.54, 1.807) is 0 Å². The van der Waals surface area contributed by atoms with Crippen molar-refractivity contribution in [1.82, 2.24) is 0 Å². The number of esters is 2. The molecule has 0 amide bonds. The van der Waals surface area contributed by atoms with Gasteiger partial charge in [-0.2, -0.15) is 0 Å². The van der Waals surface area contributed by atoms with Crippen molar-refractivity contribution >= 4 is 11.9 Å². The number of hydrogen-bond acceptors (Lipinski definition) is 6. The Balaban J connectivity index is 3.14. The number of rotatable bonds is 2. The largest absolute Gasteiger partial charge is 0.428 e. The van der Waals surface area contributed by atoms with E-state index in [4.69, 9.17) is 0 Å². The van der Waals surface area contributed by atoms with Crippen LogP contribution in [0.25, 0.3) is 0 Å². The third-order valence-corrected chi connectivity index (χ3v) is 1.30. The molecule has 0 saturated heterocycles. The summed E-state index contributed by atoms with van der Waals surface area (Å²) in [5.41, 5.74) is -0.885. The van der Waals surface area contributed by atoms with Gasteiger partial charge in [-0.15, -0.1) is 0 Å². The molecule has 0 aromatic carbocycles. The molecule has 1 heterocycles. The zero-order chi connectivity index (χ0) is 11.4. The lowest BCUT2D eigenvalue weighted by atomic mass is 10.4. The average molecular weight is 212 g/mol. The van der Waals surface area contributed by atoms with Gasteiger partial charge in [0.15, 0.2) is 5.75 Å². The monoisotopic (exact) mass is 212 g/mol. The number of hydrogen-bond donors (Lipinski definition) is 0. The van der Waals surface area contributed by atoms with E-state index in [-0.39, 0.29) is 5.75 Å². The molecule has 1 rings (SSSR count). The summed E-state index contributed by atoms with van der Waals surface area (Å²) in [7, 11) is 0. The van der Waals surface area contributed by atoms with Crippen LogP contribution in [0.1, 0.15) is 13.8 Å². The van der Waals surface area contributed by atoms with Gasteiger partial charge in [-0.25, -0.2) is 4.79 Å². The van der Waals surface area contributed by atoms with Gasteiger partial charge in [-0.05, 0) is 0 Å². The lowest BCUT2D eigenvalue weighted by Crippen LogP contribution is -2.14. The third-order valence-electron chi connectivity index (χ3n) is 1.30. The summed E-state index contributed by atoms with van der Waals surface area (Å²) in [5.74, 6) is -1.91. The first-order valence-electron chi connectivity index (χ1n) is 3.99. The summed E-state index contributed by atoms with van der Waals surface area (Å²) in [4.78, 5) is 32.4. The van der Waals surface area contributed by atoms with Gasteiger partial charge in [0.2, 0.25) is 0 Å². The second kappa shape index (κ2) is 4.41. The van der Waals surface area contributed by atoms with Crippen molar-refractivity contribution in [2.24, 2.45) is 0 Å². The van der Waals surface area contributed by atoms with Crippen molar-refractivity contribution in [1.29, 1.82) is 0 Å². The van der Waals surface area contributed by atoms with E-state index < -0.39 is 23.3 Å². The molecular formula is C9H8O6. The van der Waals surface area contributed by atoms with Crippen LogP contribution in [-0.4, -0.2) is 11.9 Å². The topological polar surface area (TPSA) is 82.8 Å². The van der Waals surface area contributed by atoms with E-state index in [1.807, 2.05) is 0 Å². The van der Waals surface area contributed by atoms with Crippen molar-refractivity contribution in [3.05, 3.63) is 22.7 Å². The number of ether oxygens (including phenoxy) is 2. The molecule has 1 aromatic heterocycles. The Kier molecular flexibility index (Phi) is 3.22.